The summed E-state index contributed by atoms with van der Waals surface area (Å²) in [5, 5.41) is 0. The van der Waals surface area contributed by atoms with E-state index in [1.54, 1.807) is 4.90 Å². The number of hydrogen-bond donors (Lipinski definition) is 2. The molecule has 1 aliphatic heterocycles. The molecule has 0 saturated heterocycles. The van der Waals surface area contributed by atoms with Crippen LogP contribution in [0.2, 0.25) is 0 Å². The third-order valence-electron chi connectivity index (χ3n) is 7.77. The SMILES string of the molecule is CCC(=Cc1oc2ccc(-c3ccccc3)cc2[n+]1CCOS(=O)O)C=C1Oc2ccc(-c3ccccc3)cc2N1CCS(=O)(=O)O. The first-order valence-electron chi connectivity index (χ1n) is 15.0. The molecule has 1 aromatic heterocycles. The Morgan fingerprint density at radius 3 is 2.23 bits per heavy atom. The molecule has 10 nitrogen and oxygen atoms in total. The molecule has 0 saturated carbocycles. The zero-order valence-electron chi connectivity index (χ0n) is 25.5. The molecule has 12 heteroatoms. The highest BCUT2D eigenvalue weighted by Crippen LogP contribution is 2.42. The van der Waals surface area contributed by atoms with Gasteiger partial charge in [0.2, 0.25) is 11.5 Å². The lowest BCUT2D eigenvalue weighted by molar-refractivity contribution is -0.678. The van der Waals surface area contributed by atoms with Gasteiger partial charge in [-0.15, -0.1) is 0 Å². The summed E-state index contributed by atoms with van der Waals surface area (Å²) in [7, 11) is -4.25. The summed E-state index contributed by atoms with van der Waals surface area (Å²) in [5.41, 5.74) is 6.82. The maximum absolute atomic E-state index is 11.8. The van der Waals surface area contributed by atoms with E-state index in [9.17, 15) is 21.7 Å². The van der Waals surface area contributed by atoms with Crippen LogP contribution < -0.4 is 14.2 Å². The van der Waals surface area contributed by atoms with Crippen molar-refractivity contribution in [2.24, 2.45) is 0 Å². The van der Waals surface area contributed by atoms with E-state index in [1.807, 2.05) is 121 Å². The lowest BCUT2D eigenvalue weighted by atomic mass is 10.0. The number of anilines is 1. The molecule has 6 rings (SSSR count). The van der Waals surface area contributed by atoms with Crippen LogP contribution in [-0.2, 0) is 32.2 Å². The first-order chi connectivity index (χ1) is 22.7. The monoisotopic (exact) mass is 673 g/mol. The topological polar surface area (TPSA) is 130 Å². The van der Waals surface area contributed by atoms with Gasteiger partial charge >= 0.3 is 17.3 Å². The van der Waals surface area contributed by atoms with Gasteiger partial charge in [0.25, 0.3) is 15.6 Å². The van der Waals surface area contributed by atoms with Crippen molar-refractivity contribution in [1.29, 1.82) is 0 Å². The predicted octanol–water partition coefficient (Wildman–Crippen LogP) is 6.63. The van der Waals surface area contributed by atoms with E-state index in [-0.39, 0.29) is 19.7 Å². The summed E-state index contributed by atoms with van der Waals surface area (Å²) in [6, 6.07) is 31.3. The standard InChI is InChI=1S/C35H32N2O8S2/c1-2-25(21-34-36(17-19-43-46(38)39)30-23-28(13-15-32(30)44-34)26-9-5-3-6-10-26)22-35-37(18-20-47(40,41)42)31-24-29(14-16-33(31)45-35)27-11-7-4-8-12-27/h3-16,21-24H,2,17-20H2,1H3,(H-,38,39,40,41,42)/p+1. The van der Waals surface area contributed by atoms with Gasteiger partial charge in [0, 0.05) is 18.7 Å². The van der Waals surface area contributed by atoms with Crippen molar-refractivity contribution >= 4 is 44.3 Å². The molecule has 5 aromatic rings. The fourth-order valence-corrected chi connectivity index (χ4v) is 6.10. The first-order valence-corrected chi connectivity index (χ1v) is 17.6. The van der Waals surface area contributed by atoms with E-state index in [0.717, 1.165) is 33.3 Å². The summed E-state index contributed by atoms with van der Waals surface area (Å²) in [6.07, 6.45) is 4.24. The van der Waals surface area contributed by atoms with Crippen LogP contribution in [0.4, 0.5) is 5.69 Å². The van der Waals surface area contributed by atoms with E-state index in [4.69, 9.17) is 13.3 Å². The van der Waals surface area contributed by atoms with Crippen molar-refractivity contribution in [2.45, 2.75) is 19.9 Å². The summed E-state index contributed by atoms with van der Waals surface area (Å²) < 4.78 is 72.9. The fraction of sp³-hybridized carbons (Fsp3) is 0.171. The second-order valence-electron chi connectivity index (χ2n) is 10.8. The molecule has 0 radical (unpaired) electrons. The van der Waals surface area contributed by atoms with Crippen LogP contribution in [-0.4, -0.2) is 40.6 Å². The summed E-state index contributed by atoms with van der Waals surface area (Å²) in [5.74, 6) is 0.948. The van der Waals surface area contributed by atoms with Gasteiger partial charge in [0.05, 0.1) is 17.5 Å². The number of aromatic nitrogens is 1. The lowest BCUT2D eigenvalue weighted by Crippen LogP contribution is -2.37. The Morgan fingerprint density at radius 1 is 0.936 bits per heavy atom. The van der Waals surface area contributed by atoms with Gasteiger partial charge in [0.15, 0.2) is 12.3 Å². The largest absolute Gasteiger partial charge is 0.439 e. The quantitative estimate of drug-likeness (QED) is 0.0852. The molecule has 242 valence electrons. The molecule has 0 spiro atoms. The Morgan fingerprint density at radius 2 is 1.60 bits per heavy atom. The molecule has 4 aromatic carbocycles. The van der Waals surface area contributed by atoms with E-state index in [0.29, 0.717) is 35.2 Å². The molecule has 0 aliphatic carbocycles. The lowest BCUT2D eigenvalue weighted by Gasteiger charge is -2.18. The zero-order valence-corrected chi connectivity index (χ0v) is 27.1. The maximum Gasteiger partial charge on any atom is 0.374 e. The van der Waals surface area contributed by atoms with Gasteiger partial charge in [-0.2, -0.15) is 17.2 Å². The minimum atomic E-state index is -4.25. The molecule has 1 unspecified atom stereocenters. The van der Waals surface area contributed by atoms with Crippen LogP contribution in [0.1, 0.15) is 19.2 Å². The zero-order chi connectivity index (χ0) is 33.0. The third kappa shape index (κ3) is 7.70. The van der Waals surface area contributed by atoms with Crippen molar-refractivity contribution in [3.05, 3.63) is 120 Å². The van der Waals surface area contributed by atoms with Gasteiger partial charge in [-0.3, -0.25) is 13.3 Å². The van der Waals surface area contributed by atoms with Crippen LogP contribution in [0.3, 0.4) is 0 Å². The average molecular weight is 674 g/mol. The average Bonchev–Trinajstić information content (AvgIpc) is 3.59. The maximum atomic E-state index is 11.8. The number of allylic oxidation sites excluding steroid dienone is 2. The van der Waals surface area contributed by atoms with Crippen molar-refractivity contribution in [2.75, 3.05) is 23.8 Å². The number of nitrogens with zero attached hydrogens (tertiary/aromatic N) is 2. The minimum absolute atomic E-state index is 0.0323. The summed E-state index contributed by atoms with van der Waals surface area (Å²) in [6.45, 7) is 2.14. The van der Waals surface area contributed by atoms with Crippen LogP contribution in [0.15, 0.2) is 119 Å². The molecule has 47 heavy (non-hydrogen) atoms. The Balaban J connectivity index is 1.40. The first kappa shape index (κ1) is 32.4. The molecule has 1 atom stereocenters. The Bertz CT molecular complexity index is 2090. The van der Waals surface area contributed by atoms with Crippen molar-refractivity contribution in [3.63, 3.8) is 0 Å². The number of oxazole rings is 1. The number of fused-ring (bicyclic) bond motifs is 2. The van der Waals surface area contributed by atoms with Crippen LogP contribution in [0, 0.1) is 0 Å². The minimum Gasteiger partial charge on any atom is -0.439 e. The van der Waals surface area contributed by atoms with E-state index in [1.165, 1.54) is 0 Å². The molecular formula is C35H33N2O8S2+. The molecule has 2 heterocycles. The van der Waals surface area contributed by atoms with Gasteiger partial charge in [-0.25, -0.2) is 0 Å². The fourth-order valence-electron chi connectivity index (χ4n) is 5.47. The number of ether oxygens (including phenoxy) is 1. The van der Waals surface area contributed by atoms with Crippen LogP contribution >= 0.6 is 0 Å². The van der Waals surface area contributed by atoms with E-state index in [2.05, 4.69) is 0 Å². The normalized spacial score (nSPS) is 14.8. The van der Waals surface area contributed by atoms with Gasteiger partial charge in [-0.05, 0) is 52.4 Å². The van der Waals surface area contributed by atoms with Crippen LogP contribution in [0.5, 0.6) is 5.75 Å². The van der Waals surface area contributed by atoms with Crippen molar-refractivity contribution in [3.8, 4) is 28.0 Å². The van der Waals surface area contributed by atoms with E-state index >= 15 is 0 Å². The molecule has 0 bridgehead atoms. The van der Waals surface area contributed by atoms with Gasteiger partial charge in [-0.1, -0.05) is 79.7 Å². The smallest absolute Gasteiger partial charge is 0.374 e. The van der Waals surface area contributed by atoms with Gasteiger partial charge in [0.1, 0.15) is 6.61 Å². The number of benzene rings is 4. The Kier molecular flexibility index (Phi) is 9.66. The van der Waals surface area contributed by atoms with Crippen molar-refractivity contribution in [1.82, 2.24) is 0 Å². The second kappa shape index (κ2) is 14.0. The summed E-state index contributed by atoms with van der Waals surface area (Å²) in [4.78, 5) is 1.74. The third-order valence-corrected chi connectivity index (χ3v) is 8.84. The molecule has 0 fully saturated rings. The second-order valence-corrected chi connectivity index (χ2v) is 13.1. The molecule has 2 N–H and O–H groups in total. The highest BCUT2D eigenvalue weighted by Gasteiger charge is 2.29. The van der Waals surface area contributed by atoms with E-state index < -0.39 is 27.2 Å². The molecule has 1 aliphatic rings. The highest BCUT2D eigenvalue weighted by molar-refractivity contribution is 7.85. The number of hydrogen-bond acceptors (Lipinski definition) is 7. The van der Waals surface area contributed by atoms with Crippen LogP contribution in [0.25, 0.3) is 39.4 Å². The highest BCUT2D eigenvalue weighted by atomic mass is 32.2. The van der Waals surface area contributed by atoms with Crippen molar-refractivity contribution < 1.29 is 39.6 Å². The Labute approximate surface area is 275 Å². The number of rotatable bonds is 12. The predicted molar refractivity (Wildman–Crippen MR) is 181 cm³/mol. The Hall–Kier alpha value is -4.59. The molecular weight excluding hydrogens is 641 g/mol. The summed E-state index contributed by atoms with van der Waals surface area (Å²) >= 11 is -2.41. The molecule has 0 amide bonds. The van der Waals surface area contributed by atoms with Gasteiger partial charge < -0.3 is 14.1 Å².